The molecule has 2 unspecified atom stereocenters. The minimum absolute atomic E-state index is 0.698. The molecular weight excluding hydrogens is 160 g/mol. The third-order valence-electron chi connectivity index (χ3n) is 3.63. The van der Waals surface area contributed by atoms with Crippen LogP contribution in [0.4, 0.5) is 0 Å². The molecule has 2 atom stereocenters. The van der Waals surface area contributed by atoms with Crippen LogP contribution in [0.3, 0.4) is 0 Å². The van der Waals surface area contributed by atoms with Crippen LogP contribution in [0.1, 0.15) is 45.4 Å². The second-order valence-electron chi connectivity index (χ2n) is 4.57. The standard InChI is InChI=1S/C11H20N2/c1-9-5-2-3-6-10(9)13-8-4-7-11(13)12/h9-10,12H,2-8H2,1H3. The predicted octanol–water partition coefficient (Wildman–Crippen LogP) is 2.64. The highest BCUT2D eigenvalue weighted by atomic mass is 15.2. The molecule has 2 heteroatoms. The Balaban J connectivity index is 2.01. The summed E-state index contributed by atoms with van der Waals surface area (Å²) >= 11 is 0. The van der Waals surface area contributed by atoms with Gasteiger partial charge >= 0.3 is 0 Å². The van der Waals surface area contributed by atoms with Crippen LogP contribution in [0.5, 0.6) is 0 Å². The van der Waals surface area contributed by atoms with Crippen LogP contribution in [0, 0.1) is 11.3 Å². The van der Waals surface area contributed by atoms with E-state index >= 15 is 0 Å². The van der Waals surface area contributed by atoms with E-state index in [0.29, 0.717) is 6.04 Å². The van der Waals surface area contributed by atoms with Crippen molar-refractivity contribution in [1.82, 2.24) is 4.90 Å². The summed E-state index contributed by atoms with van der Waals surface area (Å²) in [6.07, 6.45) is 7.70. The molecule has 0 aromatic rings. The molecule has 2 aliphatic rings. The first-order valence-electron chi connectivity index (χ1n) is 5.63. The minimum atomic E-state index is 0.698. The van der Waals surface area contributed by atoms with Gasteiger partial charge in [0.05, 0.1) is 5.84 Å². The number of hydrogen-bond acceptors (Lipinski definition) is 1. The van der Waals surface area contributed by atoms with Crippen molar-refractivity contribution < 1.29 is 0 Å². The topological polar surface area (TPSA) is 27.1 Å². The molecule has 0 spiro atoms. The van der Waals surface area contributed by atoms with Gasteiger partial charge in [-0.25, -0.2) is 0 Å². The molecule has 13 heavy (non-hydrogen) atoms. The van der Waals surface area contributed by atoms with Gasteiger partial charge in [-0.05, 0) is 25.2 Å². The van der Waals surface area contributed by atoms with Gasteiger partial charge in [-0.2, -0.15) is 0 Å². The molecule has 0 aromatic carbocycles. The molecular formula is C11H20N2. The molecule has 1 saturated heterocycles. The maximum absolute atomic E-state index is 7.86. The van der Waals surface area contributed by atoms with Crippen LogP contribution >= 0.6 is 0 Å². The fraction of sp³-hybridized carbons (Fsp3) is 0.909. The second-order valence-corrected chi connectivity index (χ2v) is 4.57. The van der Waals surface area contributed by atoms with Gasteiger partial charge < -0.3 is 4.90 Å². The van der Waals surface area contributed by atoms with E-state index in [1.807, 2.05) is 0 Å². The fourth-order valence-electron chi connectivity index (χ4n) is 2.82. The molecule has 0 bridgehead atoms. The number of nitrogens with zero attached hydrogens (tertiary/aromatic N) is 1. The Labute approximate surface area is 80.8 Å². The molecule has 1 saturated carbocycles. The maximum atomic E-state index is 7.86. The van der Waals surface area contributed by atoms with Crippen molar-refractivity contribution in [3.05, 3.63) is 0 Å². The van der Waals surface area contributed by atoms with Gasteiger partial charge in [0.2, 0.25) is 0 Å². The molecule has 0 amide bonds. The number of rotatable bonds is 1. The van der Waals surface area contributed by atoms with Crippen molar-refractivity contribution in [2.45, 2.75) is 51.5 Å². The average molecular weight is 180 g/mol. The van der Waals surface area contributed by atoms with Gasteiger partial charge in [0.25, 0.3) is 0 Å². The molecule has 1 aliphatic carbocycles. The number of likely N-dealkylation sites (tertiary alicyclic amines) is 1. The van der Waals surface area contributed by atoms with Crippen molar-refractivity contribution in [2.75, 3.05) is 6.54 Å². The Hall–Kier alpha value is -0.530. The SMILES string of the molecule is CC1CCCCC1N1CCCC1=N. The van der Waals surface area contributed by atoms with Gasteiger partial charge in [0.15, 0.2) is 0 Å². The van der Waals surface area contributed by atoms with Crippen molar-refractivity contribution in [2.24, 2.45) is 5.92 Å². The maximum Gasteiger partial charge on any atom is 0.0960 e. The summed E-state index contributed by atoms with van der Waals surface area (Å²) in [6, 6.07) is 0.698. The van der Waals surface area contributed by atoms with Crippen LogP contribution in [0.25, 0.3) is 0 Å². The van der Waals surface area contributed by atoms with E-state index in [-0.39, 0.29) is 0 Å². The summed E-state index contributed by atoms with van der Waals surface area (Å²) in [4.78, 5) is 2.36. The summed E-state index contributed by atoms with van der Waals surface area (Å²) < 4.78 is 0. The highest BCUT2D eigenvalue weighted by Gasteiger charge is 2.30. The van der Waals surface area contributed by atoms with Crippen LogP contribution in [0.15, 0.2) is 0 Å². The van der Waals surface area contributed by atoms with Crippen LogP contribution < -0.4 is 0 Å². The lowest BCUT2D eigenvalue weighted by Crippen LogP contribution is -2.41. The van der Waals surface area contributed by atoms with E-state index < -0.39 is 0 Å². The Bertz CT molecular complexity index is 200. The number of hydrogen-bond donors (Lipinski definition) is 1. The van der Waals surface area contributed by atoms with Crippen molar-refractivity contribution in [3.63, 3.8) is 0 Å². The minimum Gasteiger partial charge on any atom is -0.357 e. The third kappa shape index (κ3) is 1.72. The average Bonchev–Trinajstić information content (AvgIpc) is 2.52. The summed E-state index contributed by atoms with van der Waals surface area (Å²) in [7, 11) is 0. The van der Waals surface area contributed by atoms with E-state index in [4.69, 9.17) is 5.41 Å². The zero-order valence-electron chi connectivity index (χ0n) is 8.55. The van der Waals surface area contributed by atoms with Crippen LogP contribution in [-0.2, 0) is 0 Å². The Morgan fingerprint density at radius 1 is 1.23 bits per heavy atom. The Kier molecular flexibility index (Phi) is 2.56. The van der Waals surface area contributed by atoms with E-state index in [1.54, 1.807) is 0 Å². The lowest BCUT2D eigenvalue weighted by molar-refractivity contribution is 0.190. The predicted molar refractivity (Wildman–Crippen MR) is 55.1 cm³/mol. The van der Waals surface area contributed by atoms with Gasteiger partial charge in [0, 0.05) is 19.0 Å². The molecule has 1 N–H and O–H groups in total. The van der Waals surface area contributed by atoms with Gasteiger partial charge in [-0.1, -0.05) is 19.8 Å². The molecule has 0 aromatic heterocycles. The third-order valence-corrected chi connectivity index (χ3v) is 3.63. The molecule has 74 valence electrons. The summed E-state index contributed by atoms with van der Waals surface area (Å²) in [5, 5.41) is 7.86. The summed E-state index contributed by atoms with van der Waals surface area (Å²) in [5.41, 5.74) is 0. The quantitative estimate of drug-likeness (QED) is 0.660. The molecule has 2 fully saturated rings. The molecule has 1 aliphatic heterocycles. The fourth-order valence-corrected chi connectivity index (χ4v) is 2.82. The van der Waals surface area contributed by atoms with Gasteiger partial charge in [-0.3, -0.25) is 5.41 Å². The van der Waals surface area contributed by atoms with Crippen molar-refractivity contribution >= 4 is 5.84 Å². The molecule has 2 rings (SSSR count). The molecule has 2 nitrogen and oxygen atoms in total. The zero-order chi connectivity index (χ0) is 9.26. The van der Waals surface area contributed by atoms with Gasteiger partial charge in [-0.15, -0.1) is 0 Å². The zero-order valence-corrected chi connectivity index (χ0v) is 8.55. The highest BCUT2D eigenvalue weighted by Crippen LogP contribution is 2.30. The largest absolute Gasteiger partial charge is 0.357 e. The molecule has 0 radical (unpaired) electrons. The lowest BCUT2D eigenvalue weighted by atomic mass is 9.85. The van der Waals surface area contributed by atoms with Crippen LogP contribution in [0.2, 0.25) is 0 Å². The Morgan fingerprint density at radius 2 is 2.00 bits per heavy atom. The highest BCUT2D eigenvalue weighted by molar-refractivity contribution is 5.81. The normalized spacial score (nSPS) is 35.5. The first-order chi connectivity index (χ1) is 6.29. The Morgan fingerprint density at radius 3 is 2.62 bits per heavy atom. The summed E-state index contributed by atoms with van der Waals surface area (Å²) in [5.74, 6) is 1.71. The van der Waals surface area contributed by atoms with Crippen LogP contribution in [-0.4, -0.2) is 23.3 Å². The van der Waals surface area contributed by atoms with E-state index in [0.717, 1.165) is 24.7 Å². The van der Waals surface area contributed by atoms with Gasteiger partial charge in [0.1, 0.15) is 0 Å². The van der Waals surface area contributed by atoms with E-state index in [9.17, 15) is 0 Å². The number of amidine groups is 1. The first kappa shape index (κ1) is 9.04. The summed E-state index contributed by atoms with van der Waals surface area (Å²) in [6.45, 7) is 3.50. The monoisotopic (exact) mass is 180 g/mol. The van der Waals surface area contributed by atoms with E-state index in [2.05, 4.69) is 11.8 Å². The number of nitrogens with one attached hydrogen (secondary N) is 1. The lowest BCUT2D eigenvalue weighted by Gasteiger charge is -2.37. The van der Waals surface area contributed by atoms with Crippen molar-refractivity contribution in [1.29, 1.82) is 5.41 Å². The smallest absolute Gasteiger partial charge is 0.0960 e. The first-order valence-corrected chi connectivity index (χ1v) is 5.63. The van der Waals surface area contributed by atoms with E-state index in [1.165, 1.54) is 32.1 Å². The second kappa shape index (κ2) is 3.69. The van der Waals surface area contributed by atoms with Crippen molar-refractivity contribution in [3.8, 4) is 0 Å². The molecule has 1 heterocycles.